The van der Waals surface area contributed by atoms with Crippen molar-refractivity contribution in [2.24, 2.45) is 0 Å². The minimum atomic E-state index is -0.0869. The second-order valence-electron chi connectivity index (χ2n) is 6.75. The fourth-order valence-electron chi connectivity index (χ4n) is 3.13. The summed E-state index contributed by atoms with van der Waals surface area (Å²) in [5, 5.41) is 2.91. The predicted molar refractivity (Wildman–Crippen MR) is 103 cm³/mol. The van der Waals surface area contributed by atoms with Gasteiger partial charge in [0.15, 0.2) is 5.78 Å². The van der Waals surface area contributed by atoms with E-state index in [9.17, 15) is 9.59 Å². The quantitative estimate of drug-likeness (QED) is 0.857. The summed E-state index contributed by atoms with van der Waals surface area (Å²) >= 11 is 0. The maximum Gasteiger partial charge on any atom is 0.321 e. The Morgan fingerprint density at radius 3 is 2.23 bits per heavy atom. The number of aryl methyl sites for hydroxylation is 1. The molecule has 0 saturated carbocycles. The van der Waals surface area contributed by atoms with E-state index in [4.69, 9.17) is 0 Å². The number of hydrogen-bond donors (Lipinski definition) is 1. The van der Waals surface area contributed by atoms with E-state index in [1.54, 1.807) is 24.3 Å². The van der Waals surface area contributed by atoms with E-state index < -0.39 is 0 Å². The topological polar surface area (TPSA) is 52.7 Å². The van der Waals surface area contributed by atoms with Crippen LogP contribution in [-0.4, -0.2) is 47.8 Å². The molecule has 1 heterocycles. The number of amides is 2. The van der Waals surface area contributed by atoms with E-state index in [-0.39, 0.29) is 11.8 Å². The van der Waals surface area contributed by atoms with Crippen LogP contribution >= 0.6 is 0 Å². The van der Waals surface area contributed by atoms with Crippen LogP contribution in [0.1, 0.15) is 28.4 Å². The number of anilines is 1. The van der Waals surface area contributed by atoms with Crippen LogP contribution in [0.25, 0.3) is 0 Å². The molecule has 1 aliphatic heterocycles. The second-order valence-corrected chi connectivity index (χ2v) is 6.75. The van der Waals surface area contributed by atoms with Crippen molar-refractivity contribution in [1.29, 1.82) is 0 Å². The molecule has 2 amide bonds. The van der Waals surface area contributed by atoms with Gasteiger partial charge in [-0.25, -0.2) is 4.79 Å². The van der Waals surface area contributed by atoms with Crippen molar-refractivity contribution in [3.8, 4) is 0 Å². The molecular formula is C21H25N3O2. The molecule has 0 bridgehead atoms. The highest BCUT2D eigenvalue weighted by Gasteiger charge is 2.21. The molecule has 5 nitrogen and oxygen atoms in total. The Balaban J connectivity index is 1.50. The highest BCUT2D eigenvalue weighted by molar-refractivity contribution is 5.95. The Hall–Kier alpha value is -2.66. The van der Waals surface area contributed by atoms with Crippen LogP contribution < -0.4 is 5.32 Å². The second kappa shape index (κ2) is 8.15. The molecule has 0 spiro atoms. The van der Waals surface area contributed by atoms with Gasteiger partial charge in [-0.05, 0) is 49.2 Å². The standard InChI is InChI=1S/C21H25N3O2/c1-16-5-3-4-6-19(16)15-23-11-13-24(14-12-23)21(26)22-20-9-7-18(8-10-20)17(2)25/h3-10H,11-15H2,1-2H3,(H,22,26). The van der Waals surface area contributed by atoms with Gasteiger partial charge in [0.1, 0.15) is 0 Å². The van der Waals surface area contributed by atoms with E-state index in [2.05, 4.69) is 41.4 Å². The number of nitrogens with one attached hydrogen (secondary N) is 1. The summed E-state index contributed by atoms with van der Waals surface area (Å²) in [6.45, 7) is 7.75. The monoisotopic (exact) mass is 351 g/mol. The van der Waals surface area contributed by atoms with Gasteiger partial charge in [-0.15, -0.1) is 0 Å². The normalized spacial score (nSPS) is 14.9. The number of Topliss-reactive ketones (excluding diaryl/α,β-unsaturated/α-hetero) is 1. The first kappa shape index (κ1) is 18.1. The average Bonchev–Trinajstić information content (AvgIpc) is 2.64. The van der Waals surface area contributed by atoms with E-state index >= 15 is 0 Å². The fraction of sp³-hybridized carbons (Fsp3) is 0.333. The van der Waals surface area contributed by atoms with Crippen molar-refractivity contribution in [3.63, 3.8) is 0 Å². The van der Waals surface area contributed by atoms with Gasteiger partial charge in [0.05, 0.1) is 0 Å². The Morgan fingerprint density at radius 1 is 0.962 bits per heavy atom. The van der Waals surface area contributed by atoms with Crippen LogP contribution in [0, 0.1) is 6.92 Å². The molecule has 1 fully saturated rings. The Morgan fingerprint density at radius 2 is 1.62 bits per heavy atom. The molecule has 26 heavy (non-hydrogen) atoms. The summed E-state index contributed by atoms with van der Waals surface area (Å²) in [6, 6.07) is 15.3. The molecule has 0 radical (unpaired) electrons. The zero-order valence-electron chi connectivity index (χ0n) is 15.4. The third-order valence-corrected chi connectivity index (χ3v) is 4.86. The number of benzene rings is 2. The fourth-order valence-corrected chi connectivity index (χ4v) is 3.13. The van der Waals surface area contributed by atoms with Gasteiger partial charge >= 0.3 is 6.03 Å². The number of urea groups is 1. The molecule has 0 atom stereocenters. The minimum absolute atomic E-state index is 0.0210. The first-order chi connectivity index (χ1) is 12.5. The van der Waals surface area contributed by atoms with Crippen LogP contribution in [0.15, 0.2) is 48.5 Å². The van der Waals surface area contributed by atoms with Crippen LogP contribution in [0.2, 0.25) is 0 Å². The molecule has 2 aromatic carbocycles. The zero-order valence-corrected chi connectivity index (χ0v) is 15.4. The van der Waals surface area contributed by atoms with Gasteiger partial charge in [-0.3, -0.25) is 9.69 Å². The Bertz CT molecular complexity index is 778. The Kier molecular flexibility index (Phi) is 5.68. The molecular weight excluding hydrogens is 326 g/mol. The molecule has 0 aliphatic carbocycles. The maximum absolute atomic E-state index is 12.4. The SMILES string of the molecule is CC(=O)c1ccc(NC(=O)N2CCN(Cc3ccccc3C)CC2)cc1. The number of carbonyl (C=O) groups excluding carboxylic acids is 2. The van der Waals surface area contributed by atoms with E-state index in [0.717, 1.165) is 19.6 Å². The average molecular weight is 351 g/mol. The summed E-state index contributed by atoms with van der Waals surface area (Å²) in [5.74, 6) is 0.0210. The van der Waals surface area contributed by atoms with Crippen molar-refractivity contribution in [2.75, 3.05) is 31.5 Å². The summed E-state index contributed by atoms with van der Waals surface area (Å²) < 4.78 is 0. The lowest BCUT2D eigenvalue weighted by Crippen LogP contribution is -2.49. The van der Waals surface area contributed by atoms with Crippen LogP contribution in [0.5, 0.6) is 0 Å². The molecule has 3 rings (SSSR count). The number of carbonyl (C=O) groups is 2. The van der Waals surface area contributed by atoms with Gasteiger partial charge in [-0.2, -0.15) is 0 Å². The van der Waals surface area contributed by atoms with E-state index in [1.807, 2.05) is 4.90 Å². The lowest BCUT2D eigenvalue weighted by atomic mass is 10.1. The van der Waals surface area contributed by atoms with Crippen molar-refractivity contribution in [2.45, 2.75) is 20.4 Å². The molecule has 2 aromatic rings. The van der Waals surface area contributed by atoms with Crippen molar-refractivity contribution >= 4 is 17.5 Å². The molecule has 136 valence electrons. The van der Waals surface area contributed by atoms with Gasteiger partial charge in [0.25, 0.3) is 0 Å². The van der Waals surface area contributed by atoms with Crippen LogP contribution in [0.4, 0.5) is 10.5 Å². The number of rotatable bonds is 4. The first-order valence-corrected chi connectivity index (χ1v) is 8.97. The first-order valence-electron chi connectivity index (χ1n) is 8.97. The highest BCUT2D eigenvalue weighted by Crippen LogP contribution is 2.14. The maximum atomic E-state index is 12.4. The summed E-state index contributed by atoms with van der Waals surface area (Å²) in [6.07, 6.45) is 0. The molecule has 0 unspecified atom stereocenters. The molecule has 1 aliphatic rings. The smallest absolute Gasteiger partial charge is 0.321 e. The van der Waals surface area contributed by atoms with Gasteiger partial charge in [0.2, 0.25) is 0 Å². The highest BCUT2D eigenvalue weighted by atomic mass is 16.2. The summed E-state index contributed by atoms with van der Waals surface area (Å²) in [5.41, 5.74) is 4.01. The van der Waals surface area contributed by atoms with Gasteiger partial charge in [0, 0.05) is 44.0 Å². The third-order valence-electron chi connectivity index (χ3n) is 4.86. The number of nitrogens with zero attached hydrogens (tertiary/aromatic N) is 2. The lowest BCUT2D eigenvalue weighted by molar-refractivity contribution is 0.101. The minimum Gasteiger partial charge on any atom is -0.322 e. The molecule has 0 aromatic heterocycles. The number of hydrogen-bond acceptors (Lipinski definition) is 3. The zero-order chi connectivity index (χ0) is 18.5. The van der Waals surface area contributed by atoms with Crippen LogP contribution in [0.3, 0.4) is 0 Å². The van der Waals surface area contributed by atoms with E-state index in [1.165, 1.54) is 18.1 Å². The van der Waals surface area contributed by atoms with Crippen molar-refractivity contribution < 1.29 is 9.59 Å². The van der Waals surface area contributed by atoms with Crippen LogP contribution in [-0.2, 0) is 6.54 Å². The third kappa shape index (κ3) is 4.49. The number of ketones is 1. The van der Waals surface area contributed by atoms with Crippen molar-refractivity contribution in [1.82, 2.24) is 9.80 Å². The predicted octanol–water partition coefficient (Wildman–Crippen LogP) is 3.55. The molecule has 1 saturated heterocycles. The lowest BCUT2D eigenvalue weighted by Gasteiger charge is -2.35. The largest absolute Gasteiger partial charge is 0.322 e. The van der Waals surface area contributed by atoms with Gasteiger partial charge < -0.3 is 10.2 Å². The molecule has 1 N–H and O–H groups in total. The summed E-state index contributed by atoms with van der Waals surface area (Å²) in [4.78, 5) is 28.0. The molecule has 5 heteroatoms. The van der Waals surface area contributed by atoms with Gasteiger partial charge in [-0.1, -0.05) is 24.3 Å². The van der Waals surface area contributed by atoms with E-state index in [0.29, 0.717) is 24.3 Å². The number of piperazine rings is 1. The van der Waals surface area contributed by atoms with Crippen molar-refractivity contribution in [3.05, 3.63) is 65.2 Å². The Labute approximate surface area is 154 Å². The summed E-state index contributed by atoms with van der Waals surface area (Å²) in [7, 11) is 0.